The molecule has 4 rings (SSSR count). The van der Waals surface area contributed by atoms with E-state index in [1.54, 1.807) is 0 Å². The van der Waals surface area contributed by atoms with Crippen LogP contribution in [-0.4, -0.2) is 83.9 Å². The van der Waals surface area contributed by atoms with Crippen LogP contribution in [0.1, 0.15) is 24.2 Å². The number of aromatic nitrogens is 2. The molecular formula is C18H32N6. The number of hydrogen-bond acceptors (Lipinski definition) is 5. The molecule has 0 bridgehead atoms. The molecule has 0 aliphatic carbocycles. The molecule has 4 heterocycles. The van der Waals surface area contributed by atoms with E-state index < -0.39 is 0 Å². The predicted octanol–water partition coefficient (Wildman–Crippen LogP) is 0.446. The molecule has 24 heavy (non-hydrogen) atoms. The summed E-state index contributed by atoms with van der Waals surface area (Å²) in [5.74, 6) is 0.877. The predicted molar refractivity (Wildman–Crippen MR) is 95.9 cm³/mol. The quantitative estimate of drug-likeness (QED) is 0.867. The number of likely N-dealkylation sites (tertiary alicyclic amines) is 1. The number of piperazine rings is 1. The minimum Gasteiger partial charge on any atom is -0.309 e. The van der Waals surface area contributed by atoms with E-state index in [0.717, 1.165) is 32.1 Å². The molecule has 1 aromatic heterocycles. The van der Waals surface area contributed by atoms with Crippen LogP contribution >= 0.6 is 0 Å². The van der Waals surface area contributed by atoms with Gasteiger partial charge in [-0.15, -0.1) is 0 Å². The highest BCUT2D eigenvalue weighted by atomic mass is 15.3. The molecule has 0 saturated carbocycles. The fourth-order valence-corrected chi connectivity index (χ4v) is 4.48. The zero-order valence-electron chi connectivity index (χ0n) is 15.1. The Balaban J connectivity index is 1.23. The van der Waals surface area contributed by atoms with Crippen molar-refractivity contribution in [2.24, 2.45) is 5.92 Å². The van der Waals surface area contributed by atoms with Crippen molar-refractivity contribution in [3.8, 4) is 0 Å². The number of rotatable bonds is 4. The first-order valence-corrected chi connectivity index (χ1v) is 9.66. The summed E-state index contributed by atoms with van der Waals surface area (Å²) in [6, 6.07) is 2.29. The van der Waals surface area contributed by atoms with Gasteiger partial charge in [-0.1, -0.05) is 0 Å². The molecule has 2 saturated heterocycles. The Morgan fingerprint density at radius 2 is 1.96 bits per heavy atom. The summed E-state index contributed by atoms with van der Waals surface area (Å²) in [5.41, 5.74) is 2.59. The summed E-state index contributed by atoms with van der Waals surface area (Å²) in [6.45, 7) is 12.7. The average molecular weight is 332 g/mol. The Kier molecular flexibility index (Phi) is 5.17. The lowest BCUT2D eigenvalue weighted by molar-refractivity contribution is 0.0923. The van der Waals surface area contributed by atoms with Crippen molar-refractivity contribution in [1.82, 2.24) is 29.8 Å². The molecule has 6 heteroatoms. The molecule has 1 unspecified atom stereocenters. The van der Waals surface area contributed by atoms with Gasteiger partial charge in [0, 0.05) is 58.9 Å². The third-order valence-electron chi connectivity index (χ3n) is 5.81. The molecule has 134 valence electrons. The first-order valence-electron chi connectivity index (χ1n) is 9.66. The molecular weight excluding hydrogens is 300 g/mol. The maximum Gasteiger partial charge on any atom is 0.0768 e. The highest BCUT2D eigenvalue weighted by Gasteiger charge is 2.23. The van der Waals surface area contributed by atoms with Gasteiger partial charge in [-0.25, -0.2) is 0 Å². The van der Waals surface area contributed by atoms with E-state index in [-0.39, 0.29) is 0 Å². The maximum absolute atomic E-state index is 4.78. The second-order valence-corrected chi connectivity index (χ2v) is 7.87. The Morgan fingerprint density at radius 1 is 1.12 bits per heavy atom. The maximum atomic E-state index is 4.78. The van der Waals surface area contributed by atoms with Gasteiger partial charge in [-0.2, -0.15) is 5.10 Å². The van der Waals surface area contributed by atoms with Gasteiger partial charge in [0.05, 0.1) is 17.9 Å². The van der Waals surface area contributed by atoms with Crippen LogP contribution in [0.4, 0.5) is 0 Å². The SMILES string of the molecule is CN1CCCC(CN2CCN(Cc3cc4n(n3)CCNC4)CC2)C1. The van der Waals surface area contributed by atoms with E-state index in [9.17, 15) is 0 Å². The smallest absolute Gasteiger partial charge is 0.0768 e. The second kappa shape index (κ2) is 7.52. The van der Waals surface area contributed by atoms with Crippen molar-refractivity contribution in [3.63, 3.8) is 0 Å². The van der Waals surface area contributed by atoms with Gasteiger partial charge in [0.1, 0.15) is 0 Å². The molecule has 3 aliphatic heterocycles. The summed E-state index contributed by atoms with van der Waals surface area (Å²) in [7, 11) is 2.27. The van der Waals surface area contributed by atoms with Crippen molar-refractivity contribution in [1.29, 1.82) is 0 Å². The van der Waals surface area contributed by atoms with Gasteiger partial charge in [0.15, 0.2) is 0 Å². The summed E-state index contributed by atoms with van der Waals surface area (Å²) in [4.78, 5) is 7.76. The Bertz CT molecular complexity index is 510. The molecule has 1 N–H and O–H groups in total. The highest BCUT2D eigenvalue weighted by molar-refractivity contribution is 5.12. The van der Waals surface area contributed by atoms with E-state index in [1.165, 1.54) is 70.0 Å². The van der Waals surface area contributed by atoms with E-state index in [0.29, 0.717) is 0 Å². The molecule has 0 aromatic carbocycles. The summed E-state index contributed by atoms with van der Waals surface area (Å²) < 4.78 is 2.18. The van der Waals surface area contributed by atoms with E-state index in [1.807, 2.05) is 0 Å². The number of piperidine rings is 1. The molecule has 1 aromatic rings. The van der Waals surface area contributed by atoms with Crippen molar-refractivity contribution < 1.29 is 0 Å². The van der Waals surface area contributed by atoms with Crippen LogP contribution in [0.3, 0.4) is 0 Å². The first-order chi connectivity index (χ1) is 11.8. The zero-order valence-corrected chi connectivity index (χ0v) is 15.1. The number of hydrogen-bond donors (Lipinski definition) is 1. The largest absolute Gasteiger partial charge is 0.309 e. The van der Waals surface area contributed by atoms with Gasteiger partial charge in [-0.3, -0.25) is 9.58 Å². The minimum absolute atomic E-state index is 0.877. The second-order valence-electron chi connectivity index (χ2n) is 7.87. The Hall–Kier alpha value is -0.950. The molecule has 6 nitrogen and oxygen atoms in total. The molecule has 3 aliphatic rings. The van der Waals surface area contributed by atoms with E-state index in [4.69, 9.17) is 5.10 Å². The van der Waals surface area contributed by atoms with Crippen LogP contribution in [0.15, 0.2) is 6.07 Å². The summed E-state index contributed by atoms with van der Waals surface area (Å²) in [6.07, 6.45) is 2.79. The van der Waals surface area contributed by atoms with Gasteiger partial charge in [0.25, 0.3) is 0 Å². The van der Waals surface area contributed by atoms with Crippen molar-refractivity contribution in [3.05, 3.63) is 17.5 Å². The van der Waals surface area contributed by atoms with Crippen LogP contribution in [0, 0.1) is 5.92 Å². The standard InChI is InChI=1S/C18H32N6/c1-21-5-2-3-16(13-21)14-22-7-9-23(10-8-22)15-17-11-18-12-19-4-6-24(18)20-17/h11,16,19H,2-10,12-15H2,1H3. The van der Waals surface area contributed by atoms with Gasteiger partial charge < -0.3 is 15.1 Å². The average Bonchev–Trinajstić information content (AvgIpc) is 2.99. The van der Waals surface area contributed by atoms with E-state index >= 15 is 0 Å². The van der Waals surface area contributed by atoms with Crippen molar-refractivity contribution >= 4 is 0 Å². The minimum atomic E-state index is 0.877. The summed E-state index contributed by atoms with van der Waals surface area (Å²) in [5, 5.41) is 8.20. The monoisotopic (exact) mass is 332 g/mol. The molecule has 0 radical (unpaired) electrons. The lowest BCUT2D eigenvalue weighted by Crippen LogP contribution is -2.49. The topological polar surface area (TPSA) is 39.6 Å². The normalized spacial score (nSPS) is 27.3. The number of fused-ring (bicyclic) bond motifs is 1. The van der Waals surface area contributed by atoms with Gasteiger partial charge in [0.2, 0.25) is 0 Å². The Morgan fingerprint density at radius 3 is 2.75 bits per heavy atom. The third-order valence-corrected chi connectivity index (χ3v) is 5.81. The molecule has 2 fully saturated rings. The van der Waals surface area contributed by atoms with Gasteiger partial charge >= 0.3 is 0 Å². The van der Waals surface area contributed by atoms with E-state index in [2.05, 4.69) is 37.8 Å². The van der Waals surface area contributed by atoms with Crippen LogP contribution in [0.2, 0.25) is 0 Å². The van der Waals surface area contributed by atoms with Crippen LogP contribution < -0.4 is 5.32 Å². The molecule has 1 atom stereocenters. The lowest BCUT2D eigenvalue weighted by atomic mass is 9.97. The first kappa shape index (κ1) is 16.5. The fourth-order valence-electron chi connectivity index (χ4n) is 4.48. The van der Waals surface area contributed by atoms with Gasteiger partial charge in [-0.05, 0) is 38.4 Å². The lowest BCUT2D eigenvalue weighted by Gasteiger charge is -2.38. The Labute approximate surface area is 145 Å². The highest BCUT2D eigenvalue weighted by Crippen LogP contribution is 2.18. The summed E-state index contributed by atoms with van der Waals surface area (Å²) >= 11 is 0. The fraction of sp³-hybridized carbons (Fsp3) is 0.833. The number of nitrogens with zero attached hydrogens (tertiary/aromatic N) is 5. The molecule has 0 spiro atoms. The van der Waals surface area contributed by atoms with Crippen molar-refractivity contribution in [2.75, 3.05) is 59.4 Å². The van der Waals surface area contributed by atoms with Crippen LogP contribution in [0.5, 0.6) is 0 Å². The van der Waals surface area contributed by atoms with Crippen LogP contribution in [-0.2, 0) is 19.6 Å². The molecule has 0 amide bonds. The van der Waals surface area contributed by atoms with Crippen LogP contribution in [0.25, 0.3) is 0 Å². The van der Waals surface area contributed by atoms with Crippen molar-refractivity contribution in [2.45, 2.75) is 32.5 Å². The zero-order chi connectivity index (χ0) is 16.4. The third kappa shape index (κ3) is 3.99. The number of nitrogens with one attached hydrogen (secondary N) is 1.